The van der Waals surface area contributed by atoms with Crippen LogP contribution in [0.5, 0.6) is 0 Å². The summed E-state index contributed by atoms with van der Waals surface area (Å²) in [5.41, 5.74) is 1.77. The highest BCUT2D eigenvalue weighted by Crippen LogP contribution is 2.25. The molecule has 0 bridgehead atoms. The van der Waals surface area contributed by atoms with Gasteiger partial charge in [-0.15, -0.1) is 0 Å². The fraction of sp³-hybridized carbons (Fsp3) is 0.478. The zero-order valence-electron chi connectivity index (χ0n) is 19.1. The maximum absolute atomic E-state index is 13.2. The SMILES string of the molecule is CNCCN(C(=O)c1cnc(Nc2ccc(Cl)c(C)c2)c(CC(C)C)n1)C(C)(C)C=O. The van der Waals surface area contributed by atoms with Crippen LogP contribution in [0.15, 0.2) is 24.4 Å². The lowest BCUT2D eigenvalue weighted by atomic mass is 10.0. The molecule has 0 saturated carbocycles. The second kappa shape index (κ2) is 10.7. The van der Waals surface area contributed by atoms with Crippen LogP contribution < -0.4 is 10.6 Å². The number of halogens is 1. The molecule has 0 saturated heterocycles. The maximum Gasteiger partial charge on any atom is 0.274 e. The zero-order chi connectivity index (χ0) is 23.2. The van der Waals surface area contributed by atoms with E-state index in [1.165, 1.54) is 11.1 Å². The van der Waals surface area contributed by atoms with E-state index < -0.39 is 5.54 Å². The standard InChI is InChI=1S/C23H32ClN5O2/c1-15(2)11-19-21(27-17-7-8-18(24)16(3)12-17)26-13-20(28-19)22(31)29(10-9-25-6)23(4,5)14-30/h7-8,12-15,25H,9-11H2,1-6H3,(H,26,27). The predicted octanol–water partition coefficient (Wildman–Crippen LogP) is 4.02. The highest BCUT2D eigenvalue weighted by atomic mass is 35.5. The number of anilines is 2. The highest BCUT2D eigenvalue weighted by Gasteiger charge is 2.32. The van der Waals surface area contributed by atoms with Crippen molar-refractivity contribution in [1.29, 1.82) is 0 Å². The van der Waals surface area contributed by atoms with Crippen molar-refractivity contribution in [3.63, 3.8) is 0 Å². The highest BCUT2D eigenvalue weighted by molar-refractivity contribution is 6.31. The fourth-order valence-corrected chi connectivity index (χ4v) is 3.22. The summed E-state index contributed by atoms with van der Waals surface area (Å²) in [7, 11) is 1.80. The summed E-state index contributed by atoms with van der Waals surface area (Å²) >= 11 is 6.13. The van der Waals surface area contributed by atoms with Gasteiger partial charge in [-0.25, -0.2) is 9.97 Å². The Bertz CT molecular complexity index is 930. The molecule has 2 N–H and O–H groups in total. The summed E-state index contributed by atoms with van der Waals surface area (Å²) in [5, 5.41) is 7.01. The smallest absolute Gasteiger partial charge is 0.274 e. The van der Waals surface area contributed by atoms with E-state index in [9.17, 15) is 9.59 Å². The number of carbonyl (C=O) groups excluding carboxylic acids is 2. The lowest BCUT2D eigenvalue weighted by Crippen LogP contribution is -2.51. The topological polar surface area (TPSA) is 87.2 Å². The average molecular weight is 446 g/mol. The molecule has 168 valence electrons. The first kappa shape index (κ1) is 24.8. The molecule has 2 rings (SSSR count). The van der Waals surface area contributed by atoms with Gasteiger partial charge in [0.25, 0.3) is 5.91 Å². The van der Waals surface area contributed by atoms with Crippen molar-refractivity contribution in [2.45, 2.75) is 46.6 Å². The molecule has 8 heteroatoms. The number of nitrogens with one attached hydrogen (secondary N) is 2. The van der Waals surface area contributed by atoms with Crippen LogP contribution in [0.2, 0.25) is 5.02 Å². The number of benzene rings is 1. The number of rotatable bonds is 10. The summed E-state index contributed by atoms with van der Waals surface area (Å²) in [6, 6.07) is 5.64. The second-order valence-corrected chi connectivity index (χ2v) is 8.98. The second-order valence-electron chi connectivity index (χ2n) is 8.57. The third kappa shape index (κ3) is 6.48. The third-order valence-electron chi connectivity index (χ3n) is 4.90. The van der Waals surface area contributed by atoms with Crippen LogP contribution in [0, 0.1) is 12.8 Å². The summed E-state index contributed by atoms with van der Waals surface area (Å²) in [4.78, 5) is 35.5. The van der Waals surface area contributed by atoms with Crippen molar-refractivity contribution in [1.82, 2.24) is 20.2 Å². The monoisotopic (exact) mass is 445 g/mol. The Morgan fingerprint density at radius 2 is 2.03 bits per heavy atom. The van der Waals surface area contributed by atoms with Crippen LogP contribution in [0.25, 0.3) is 0 Å². The Labute approximate surface area is 189 Å². The molecular formula is C23H32ClN5O2. The molecule has 1 amide bonds. The summed E-state index contributed by atoms with van der Waals surface area (Å²) in [6.45, 7) is 10.5. The number of carbonyl (C=O) groups is 2. The Hall–Kier alpha value is -2.51. The van der Waals surface area contributed by atoms with Crippen LogP contribution in [0.1, 0.15) is 49.4 Å². The lowest BCUT2D eigenvalue weighted by Gasteiger charge is -2.34. The molecule has 7 nitrogen and oxygen atoms in total. The van der Waals surface area contributed by atoms with Gasteiger partial charge in [0.1, 0.15) is 12.0 Å². The van der Waals surface area contributed by atoms with Gasteiger partial charge < -0.3 is 20.3 Å². The van der Waals surface area contributed by atoms with Crippen LogP contribution in [0.3, 0.4) is 0 Å². The number of aromatic nitrogens is 2. The molecule has 0 unspecified atom stereocenters. The third-order valence-corrected chi connectivity index (χ3v) is 5.32. The van der Waals surface area contributed by atoms with Crippen LogP contribution in [0.4, 0.5) is 11.5 Å². The molecule has 31 heavy (non-hydrogen) atoms. The molecule has 0 aliphatic heterocycles. The Morgan fingerprint density at radius 1 is 1.32 bits per heavy atom. The van der Waals surface area contributed by atoms with E-state index in [1.807, 2.05) is 25.1 Å². The first-order valence-electron chi connectivity index (χ1n) is 10.4. The Morgan fingerprint density at radius 3 is 2.61 bits per heavy atom. The molecular weight excluding hydrogens is 414 g/mol. The molecule has 1 aromatic heterocycles. The summed E-state index contributed by atoms with van der Waals surface area (Å²) in [5.74, 6) is 0.598. The van der Waals surface area contributed by atoms with E-state index in [2.05, 4.69) is 34.4 Å². The van der Waals surface area contributed by atoms with Gasteiger partial charge in [0.2, 0.25) is 0 Å². The van der Waals surface area contributed by atoms with Crippen LogP contribution in [-0.4, -0.2) is 52.7 Å². The normalized spacial score (nSPS) is 11.5. The van der Waals surface area contributed by atoms with E-state index in [0.29, 0.717) is 42.0 Å². The van der Waals surface area contributed by atoms with E-state index in [-0.39, 0.29) is 11.6 Å². The number of hydrogen-bond donors (Lipinski definition) is 2. The van der Waals surface area contributed by atoms with Gasteiger partial charge in [0.05, 0.1) is 17.4 Å². The fourth-order valence-electron chi connectivity index (χ4n) is 3.10. The number of aryl methyl sites for hydroxylation is 1. The van der Waals surface area contributed by atoms with Gasteiger partial charge in [-0.05, 0) is 63.9 Å². The minimum atomic E-state index is -0.953. The molecule has 0 radical (unpaired) electrons. The number of aldehydes is 1. The van der Waals surface area contributed by atoms with Gasteiger partial charge in [0.15, 0.2) is 5.82 Å². The van der Waals surface area contributed by atoms with Crippen molar-refractivity contribution in [3.8, 4) is 0 Å². The summed E-state index contributed by atoms with van der Waals surface area (Å²) < 4.78 is 0. The van der Waals surface area contributed by atoms with E-state index >= 15 is 0 Å². The first-order valence-corrected chi connectivity index (χ1v) is 10.8. The van der Waals surface area contributed by atoms with E-state index in [0.717, 1.165) is 17.5 Å². The van der Waals surface area contributed by atoms with Crippen molar-refractivity contribution in [2.24, 2.45) is 5.92 Å². The summed E-state index contributed by atoms with van der Waals surface area (Å²) in [6.07, 6.45) is 2.89. The predicted molar refractivity (Wildman–Crippen MR) is 125 cm³/mol. The van der Waals surface area contributed by atoms with Gasteiger partial charge >= 0.3 is 0 Å². The van der Waals surface area contributed by atoms with E-state index in [1.54, 1.807) is 20.9 Å². The number of amides is 1. The maximum atomic E-state index is 13.2. The minimum Gasteiger partial charge on any atom is -0.339 e. The molecule has 1 heterocycles. The number of likely N-dealkylation sites (N-methyl/N-ethyl adjacent to an activating group) is 1. The first-order chi connectivity index (χ1) is 14.6. The average Bonchev–Trinajstić information content (AvgIpc) is 2.71. The molecule has 1 aromatic carbocycles. The number of hydrogen-bond acceptors (Lipinski definition) is 6. The molecule has 0 fully saturated rings. The lowest BCUT2D eigenvalue weighted by molar-refractivity contribution is -0.115. The van der Waals surface area contributed by atoms with Crippen molar-refractivity contribution >= 4 is 35.3 Å². The molecule has 2 aromatic rings. The largest absolute Gasteiger partial charge is 0.339 e. The van der Waals surface area contributed by atoms with Crippen LogP contribution >= 0.6 is 11.6 Å². The molecule has 0 aliphatic rings. The Kier molecular flexibility index (Phi) is 8.53. The zero-order valence-corrected chi connectivity index (χ0v) is 19.9. The molecule has 0 aliphatic carbocycles. The van der Waals surface area contributed by atoms with Crippen molar-refractivity contribution < 1.29 is 9.59 Å². The minimum absolute atomic E-state index is 0.222. The van der Waals surface area contributed by atoms with Crippen molar-refractivity contribution in [2.75, 3.05) is 25.5 Å². The van der Waals surface area contributed by atoms with Gasteiger partial charge in [-0.2, -0.15) is 0 Å². The van der Waals surface area contributed by atoms with Crippen molar-refractivity contribution in [3.05, 3.63) is 46.4 Å². The van der Waals surface area contributed by atoms with Gasteiger partial charge in [0, 0.05) is 23.8 Å². The number of nitrogens with zero attached hydrogens (tertiary/aromatic N) is 3. The Balaban J connectivity index is 2.41. The van der Waals surface area contributed by atoms with E-state index in [4.69, 9.17) is 11.6 Å². The van der Waals surface area contributed by atoms with Crippen LogP contribution in [-0.2, 0) is 11.2 Å². The quantitative estimate of drug-likeness (QED) is 0.537. The molecule has 0 spiro atoms. The van der Waals surface area contributed by atoms with Gasteiger partial charge in [-0.1, -0.05) is 25.4 Å². The molecule has 0 atom stereocenters. The van der Waals surface area contributed by atoms with Gasteiger partial charge in [-0.3, -0.25) is 4.79 Å².